The van der Waals surface area contributed by atoms with Gasteiger partial charge in [-0.2, -0.15) is 0 Å². The third-order valence-corrected chi connectivity index (χ3v) is 4.77. The van der Waals surface area contributed by atoms with Crippen LogP contribution in [0.25, 0.3) is 0 Å². The minimum atomic E-state index is -0.558. The van der Waals surface area contributed by atoms with Crippen LogP contribution in [-0.4, -0.2) is 26.4 Å². The van der Waals surface area contributed by atoms with E-state index in [0.717, 1.165) is 24.8 Å². The Hall–Kier alpha value is -1.42. The molecule has 2 atom stereocenters. The molecule has 0 bridgehead atoms. The third-order valence-electron chi connectivity index (χ3n) is 4.77. The molecule has 0 saturated heterocycles. The van der Waals surface area contributed by atoms with Gasteiger partial charge in [-0.1, -0.05) is 20.3 Å². The fourth-order valence-electron chi connectivity index (χ4n) is 3.51. The van der Waals surface area contributed by atoms with Crippen LogP contribution < -0.4 is 14.2 Å². The zero-order chi connectivity index (χ0) is 15.6. The highest BCUT2D eigenvalue weighted by molar-refractivity contribution is 5.56. The van der Waals surface area contributed by atoms with Gasteiger partial charge in [-0.05, 0) is 36.3 Å². The number of aliphatic hydroxyl groups excluding tert-OH is 1. The molecule has 1 aliphatic rings. The van der Waals surface area contributed by atoms with Crippen molar-refractivity contribution in [2.45, 2.75) is 39.2 Å². The number of benzene rings is 1. The molecule has 1 aliphatic carbocycles. The average Bonchev–Trinajstić information content (AvgIpc) is 2.83. The molecule has 1 fully saturated rings. The number of methoxy groups -OCH3 is 3. The SMILES string of the molecule is COc1ccc(C(O)C2CCCC2(C)C)c(OC)c1OC. The van der Waals surface area contributed by atoms with E-state index in [9.17, 15) is 5.11 Å². The van der Waals surface area contributed by atoms with Crippen molar-refractivity contribution in [1.82, 2.24) is 0 Å². The predicted molar refractivity (Wildman–Crippen MR) is 82.2 cm³/mol. The monoisotopic (exact) mass is 294 g/mol. The van der Waals surface area contributed by atoms with E-state index in [1.54, 1.807) is 21.3 Å². The Balaban J connectivity index is 2.43. The van der Waals surface area contributed by atoms with E-state index in [-0.39, 0.29) is 11.3 Å². The minimum absolute atomic E-state index is 0.136. The Morgan fingerprint density at radius 1 is 1.10 bits per heavy atom. The first-order valence-electron chi connectivity index (χ1n) is 7.43. The van der Waals surface area contributed by atoms with Gasteiger partial charge in [0.1, 0.15) is 0 Å². The van der Waals surface area contributed by atoms with Crippen LogP contribution in [0.3, 0.4) is 0 Å². The fraction of sp³-hybridized carbons (Fsp3) is 0.647. The van der Waals surface area contributed by atoms with E-state index >= 15 is 0 Å². The van der Waals surface area contributed by atoms with Crippen LogP contribution in [0, 0.1) is 11.3 Å². The van der Waals surface area contributed by atoms with Gasteiger partial charge >= 0.3 is 0 Å². The van der Waals surface area contributed by atoms with E-state index in [1.165, 1.54) is 0 Å². The van der Waals surface area contributed by atoms with Crippen molar-refractivity contribution < 1.29 is 19.3 Å². The van der Waals surface area contributed by atoms with Crippen molar-refractivity contribution in [3.63, 3.8) is 0 Å². The van der Waals surface area contributed by atoms with Crippen LogP contribution in [0.5, 0.6) is 17.2 Å². The molecule has 0 spiro atoms. The maximum absolute atomic E-state index is 10.9. The second-order valence-corrected chi connectivity index (χ2v) is 6.36. The van der Waals surface area contributed by atoms with Gasteiger partial charge in [-0.25, -0.2) is 0 Å². The summed E-state index contributed by atoms with van der Waals surface area (Å²) in [6.07, 6.45) is 2.78. The first-order valence-corrected chi connectivity index (χ1v) is 7.43. The Morgan fingerprint density at radius 2 is 1.76 bits per heavy atom. The van der Waals surface area contributed by atoms with E-state index in [0.29, 0.717) is 17.2 Å². The highest BCUT2D eigenvalue weighted by Crippen LogP contribution is 2.52. The zero-order valence-corrected chi connectivity index (χ0v) is 13.6. The molecule has 0 aliphatic heterocycles. The highest BCUT2D eigenvalue weighted by atomic mass is 16.5. The molecule has 0 amide bonds. The Bertz CT molecular complexity index is 496. The maximum atomic E-state index is 10.9. The number of rotatable bonds is 5. The van der Waals surface area contributed by atoms with Gasteiger partial charge < -0.3 is 19.3 Å². The molecule has 118 valence electrons. The summed E-state index contributed by atoms with van der Waals surface area (Å²) >= 11 is 0. The molecule has 1 aromatic rings. The fourth-order valence-corrected chi connectivity index (χ4v) is 3.51. The lowest BCUT2D eigenvalue weighted by Gasteiger charge is -2.32. The third kappa shape index (κ3) is 2.82. The Kier molecular flexibility index (Phi) is 4.67. The molecule has 1 N–H and O–H groups in total. The van der Waals surface area contributed by atoms with Crippen molar-refractivity contribution in [3.8, 4) is 17.2 Å². The summed E-state index contributed by atoms with van der Waals surface area (Å²) in [6.45, 7) is 4.45. The van der Waals surface area contributed by atoms with Gasteiger partial charge in [0, 0.05) is 5.56 Å². The van der Waals surface area contributed by atoms with Crippen LogP contribution >= 0.6 is 0 Å². The van der Waals surface area contributed by atoms with Crippen molar-refractivity contribution in [1.29, 1.82) is 0 Å². The second kappa shape index (κ2) is 6.14. The summed E-state index contributed by atoms with van der Waals surface area (Å²) in [6, 6.07) is 3.70. The standard InChI is InChI=1S/C17H26O4/c1-17(2)10-6-7-12(17)14(18)11-8-9-13(19-3)16(21-5)15(11)20-4/h8-9,12,14,18H,6-7,10H2,1-5H3. The zero-order valence-electron chi connectivity index (χ0n) is 13.6. The molecular formula is C17H26O4. The van der Waals surface area contributed by atoms with Crippen molar-refractivity contribution in [2.75, 3.05) is 21.3 Å². The molecule has 4 nitrogen and oxygen atoms in total. The molecule has 0 aromatic heterocycles. The first-order chi connectivity index (χ1) is 9.96. The molecule has 4 heteroatoms. The lowest BCUT2D eigenvalue weighted by atomic mass is 9.76. The molecule has 2 unspecified atom stereocenters. The Morgan fingerprint density at radius 3 is 2.24 bits per heavy atom. The summed E-state index contributed by atoms with van der Waals surface area (Å²) in [5, 5.41) is 10.9. The van der Waals surface area contributed by atoms with Gasteiger partial charge in [-0.15, -0.1) is 0 Å². The van der Waals surface area contributed by atoms with Gasteiger partial charge in [-0.3, -0.25) is 0 Å². The molecular weight excluding hydrogens is 268 g/mol. The van der Waals surface area contributed by atoms with Crippen LogP contribution in [0.2, 0.25) is 0 Å². The van der Waals surface area contributed by atoms with Crippen LogP contribution in [0.1, 0.15) is 44.8 Å². The average molecular weight is 294 g/mol. The van der Waals surface area contributed by atoms with Gasteiger partial charge in [0.15, 0.2) is 11.5 Å². The second-order valence-electron chi connectivity index (χ2n) is 6.36. The van der Waals surface area contributed by atoms with E-state index < -0.39 is 6.10 Å². The topological polar surface area (TPSA) is 47.9 Å². The maximum Gasteiger partial charge on any atom is 0.203 e. The lowest BCUT2D eigenvalue weighted by Crippen LogP contribution is -2.24. The van der Waals surface area contributed by atoms with Crippen LogP contribution in [0.4, 0.5) is 0 Å². The van der Waals surface area contributed by atoms with E-state index in [1.807, 2.05) is 12.1 Å². The number of ether oxygens (including phenoxy) is 3. The van der Waals surface area contributed by atoms with Crippen LogP contribution in [-0.2, 0) is 0 Å². The normalized spacial score (nSPS) is 21.9. The Labute approximate surface area is 127 Å². The number of hydrogen-bond acceptors (Lipinski definition) is 4. The summed E-state index contributed by atoms with van der Waals surface area (Å²) in [5.41, 5.74) is 0.910. The lowest BCUT2D eigenvalue weighted by molar-refractivity contribution is 0.0509. The molecule has 0 radical (unpaired) electrons. The van der Waals surface area contributed by atoms with Crippen molar-refractivity contribution in [2.24, 2.45) is 11.3 Å². The number of hydrogen-bond donors (Lipinski definition) is 1. The van der Waals surface area contributed by atoms with Crippen molar-refractivity contribution >= 4 is 0 Å². The largest absolute Gasteiger partial charge is 0.493 e. The summed E-state index contributed by atoms with van der Waals surface area (Å²) < 4.78 is 16.2. The quantitative estimate of drug-likeness (QED) is 0.902. The highest BCUT2D eigenvalue weighted by Gasteiger charge is 2.40. The van der Waals surface area contributed by atoms with Crippen LogP contribution in [0.15, 0.2) is 12.1 Å². The van der Waals surface area contributed by atoms with E-state index in [2.05, 4.69) is 13.8 Å². The van der Waals surface area contributed by atoms with Gasteiger partial charge in [0.2, 0.25) is 5.75 Å². The molecule has 1 saturated carbocycles. The molecule has 21 heavy (non-hydrogen) atoms. The summed E-state index contributed by atoms with van der Waals surface area (Å²) in [4.78, 5) is 0. The molecule has 1 aromatic carbocycles. The first kappa shape index (κ1) is 16.0. The van der Waals surface area contributed by atoms with Gasteiger partial charge in [0.05, 0.1) is 27.4 Å². The van der Waals surface area contributed by atoms with Gasteiger partial charge in [0.25, 0.3) is 0 Å². The van der Waals surface area contributed by atoms with Crippen molar-refractivity contribution in [3.05, 3.63) is 17.7 Å². The summed E-state index contributed by atoms with van der Waals surface area (Å²) in [5.74, 6) is 1.93. The smallest absolute Gasteiger partial charge is 0.203 e. The summed E-state index contributed by atoms with van der Waals surface area (Å²) in [7, 11) is 4.76. The minimum Gasteiger partial charge on any atom is -0.493 e. The van der Waals surface area contributed by atoms with E-state index in [4.69, 9.17) is 14.2 Å². The molecule has 2 rings (SSSR count). The predicted octanol–water partition coefficient (Wildman–Crippen LogP) is 3.57. The number of aliphatic hydroxyl groups is 1. The molecule has 0 heterocycles.